The number of alkyl halides is 3. The summed E-state index contributed by atoms with van der Waals surface area (Å²) < 4.78 is 51.4. The van der Waals surface area contributed by atoms with E-state index in [1.165, 1.54) is 18.2 Å². The monoisotopic (exact) mass is 374 g/mol. The molecule has 0 aliphatic carbocycles. The van der Waals surface area contributed by atoms with Gasteiger partial charge in [-0.2, -0.15) is 13.2 Å². The molecule has 0 aromatic heterocycles. The van der Waals surface area contributed by atoms with Crippen LogP contribution in [0.1, 0.15) is 11.1 Å². The van der Waals surface area contributed by atoms with Crippen molar-refractivity contribution in [1.82, 2.24) is 5.32 Å². The highest BCUT2D eigenvalue weighted by Crippen LogP contribution is 2.33. The zero-order valence-corrected chi connectivity index (χ0v) is 13.2. The van der Waals surface area contributed by atoms with Crippen LogP contribution in [-0.4, -0.2) is 11.8 Å². The summed E-state index contributed by atoms with van der Waals surface area (Å²) in [7, 11) is 0. The van der Waals surface area contributed by atoms with E-state index in [9.17, 15) is 27.2 Å². The zero-order valence-electron chi connectivity index (χ0n) is 12.5. The molecule has 25 heavy (non-hydrogen) atoms. The number of carbonyl (C=O) groups excluding carboxylic acids is 2. The van der Waals surface area contributed by atoms with Gasteiger partial charge < -0.3 is 10.6 Å². The van der Waals surface area contributed by atoms with Gasteiger partial charge in [-0.05, 0) is 24.3 Å². The molecule has 0 fully saturated rings. The van der Waals surface area contributed by atoms with Gasteiger partial charge >= 0.3 is 18.0 Å². The summed E-state index contributed by atoms with van der Waals surface area (Å²) in [6, 6.07) is 7.93. The summed E-state index contributed by atoms with van der Waals surface area (Å²) in [6.45, 7) is -0.255. The summed E-state index contributed by atoms with van der Waals surface area (Å²) >= 11 is 5.73. The first-order valence-electron chi connectivity index (χ1n) is 6.88. The maximum atomic E-state index is 13.4. The van der Waals surface area contributed by atoms with Gasteiger partial charge in [-0.3, -0.25) is 9.59 Å². The highest BCUT2D eigenvalue weighted by atomic mass is 35.5. The van der Waals surface area contributed by atoms with Crippen LogP contribution in [0.15, 0.2) is 42.5 Å². The van der Waals surface area contributed by atoms with Crippen molar-refractivity contribution in [3.05, 3.63) is 64.4 Å². The van der Waals surface area contributed by atoms with Crippen molar-refractivity contribution in [1.29, 1.82) is 0 Å². The predicted molar refractivity (Wildman–Crippen MR) is 83.3 cm³/mol. The van der Waals surface area contributed by atoms with E-state index in [2.05, 4.69) is 5.32 Å². The number of nitrogens with one attached hydrogen (secondary N) is 2. The van der Waals surface area contributed by atoms with Crippen molar-refractivity contribution >= 4 is 29.1 Å². The van der Waals surface area contributed by atoms with Crippen molar-refractivity contribution in [2.24, 2.45) is 0 Å². The highest BCUT2D eigenvalue weighted by molar-refractivity contribution is 6.41. The molecule has 0 saturated heterocycles. The second-order valence-corrected chi connectivity index (χ2v) is 5.33. The first-order valence-corrected chi connectivity index (χ1v) is 7.25. The number of benzene rings is 2. The van der Waals surface area contributed by atoms with E-state index in [4.69, 9.17) is 11.6 Å². The third-order valence-electron chi connectivity index (χ3n) is 3.15. The molecule has 0 saturated carbocycles. The van der Waals surface area contributed by atoms with Crippen LogP contribution in [0.4, 0.5) is 23.2 Å². The summed E-state index contributed by atoms with van der Waals surface area (Å²) in [5.41, 5.74) is -1.23. The molecule has 2 rings (SSSR count). The van der Waals surface area contributed by atoms with Gasteiger partial charge in [-0.1, -0.05) is 29.8 Å². The second kappa shape index (κ2) is 7.52. The van der Waals surface area contributed by atoms with Crippen LogP contribution in [0, 0.1) is 5.82 Å². The fourth-order valence-electron chi connectivity index (χ4n) is 1.87. The largest absolute Gasteiger partial charge is 0.416 e. The fraction of sp³-hybridized carbons (Fsp3) is 0.125. The first kappa shape index (κ1) is 18.7. The lowest BCUT2D eigenvalue weighted by Gasteiger charge is -2.11. The molecule has 0 spiro atoms. The molecule has 2 aromatic rings. The highest BCUT2D eigenvalue weighted by Gasteiger charge is 2.31. The molecule has 0 heterocycles. The predicted octanol–water partition coefficient (Wildman–Crippen LogP) is 3.75. The van der Waals surface area contributed by atoms with E-state index in [-0.39, 0.29) is 22.8 Å². The minimum absolute atomic E-state index is 0.153. The summed E-state index contributed by atoms with van der Waals surface area (Å²) in [5.74, 6) is -2.93. The van der Waals surface area contributed by atoms with Crippen LogP contribution < -0.4 is 10.6 Å². The molecule has 132 valence electrons. The lowest BCUT2D eigenvalue weighted by atomic mass is 10.2. The van der Waals surface area contributed by atoms with Crippen molar-refractivity contribution in [3.63, 3.8) is 0 Å². The Kier molecular flexibility index (Phi) is 5.63. The van der Waals surface area contributed by atoms with Crippen LogP contribution in [0.5, 0.6) is 0 Å². The van der Waals surface area contributed by atoms with Crippen LogP contribution in [0.25, 0.3) is 0 Å². The number of halogens is 5. The van der Waals surface area contributed by atoms with Gasteiger partial charge in [0.05, 0.1) is 16.3 Å². The number of carbonyl (C=O) groups is 2. The fourth-order valence-corrected chi connectivity index (χ4v) is 2.04. The second-order valence-electron chi connectivity index (χ2n) is 4.92. The number of hydrogen-bond donors (Lipinski definition) is 2. The van der Waals surface area contributed by atoms with Gasteiger partial charge in [0, 0.05) is 12.1 Å². The normalized spacial score (nSPS) is 11.1. The zero-order chi connectivity index (χ0) is 18.6. The van der Waals surface area contributed by atoms with Gasteiger partial charge in [0.15, 0.2) is 0 Å². The number of anilines is 1. The maximum Gasteiger partial charge on any atom is 0.416 e. The lowest BCUT2D eigenvalue weighted by Crippen LogP contribution is -2.35. The van der Waals surface area contributed by atoms with Crippen LogP contribution >= 0.6 is 11.6 Å². The Bertz CT molecular complexity index is 809. The van der Waals surface area contributed by atoms with Crippen LogP contribution in [0.3, 0.4) is 0 Å². The van der Waals surface area contributed by atoms with E-state index in [0.717, 1.165) is 12.1 Å². The third kappa shape index (κ3) is 4.93. The molecule has 2 aromatic carbocycles. The summed E-state index contributed by atoms with van der Waals surface area (Å²) in [4.78, 5) is 23.5. The van der Waals surface area contributed by atoms with E-state index < -0.39 is 29.4 Å². The van der Waals surface area contributed by atoms with E-state index >= 15 is 0 Å². The minimum Gasteiger partial charge on any atom is -0.344 e. The molecule has 0 unspecified atom stereocenters. The van der Waals surface area contributed by atoms with Gasteiger partial charge in [0.2, 0.25) is 0 Å². The Morgan fingerprint density at radius 3 is 2.36 bits per heavy atom. The lowest BCUT2D eigenvalue weighted by molar-refractivity contribution is -0.137. The smallest absolute Gasteiger partial charge is 0.344 e. The molecule has 9 heteroatoms. The van der Waals surface area contributed by atoms with Gasteiger partial charge in [0.25, 0.3) is 0 Å². The van der Waals surface area contributed by atoms with Gasteiger partial charge in [-0.15, -0.1) is 0 Å². The Hall–Kier alpha value is -2.61. The van der Waals surface area contributed by atoms with E-state index in [0.29, 0.717) is 6.07 Å². The van der Waals surface area contributed by atoms with Crippen molar-refractivity contribution in [2.45, 2.75) is 12.7 Å². The molecule has 2 amide bonds. The minimum atomic E-state index is -4.63. The Labute approximate surface area is 144 Å². The topological polar surface area (TPSA) is 58.2 Å². The molecule has 0 aliphatic heterocycles. The molecule has 0 bridgehead atoms. The van der Waals surface area contributed by atoms with E-state index in [1.807, 2.05) is 5.32 Å². The summed E-state index contributed by atoms with van der Waals surface area (Å²) in [6.07, 6.45) is -4.63. The van der Waals surface area contributed by atoms with E-state index in [1.54, 1.807) is 6.07 Å². The quantitative estimate of drug-likeness (QED) is 0.635. The molecule has 0 radical (unpaired) electrons. The molecular weight excluding hydrogens is 364 g/mol. The first-order chi connectivity index (χ1) is 11.7. The van der Waals surface area contributed by atoms with Crippen LogP contribution in [0.2, 0.25) is 5.02 Å². The maximum absolute atomic E-state index is 13.4. The third-order valence-corrected chi connectivity index (χ3v) is 3.47. The van der Waals surface area contributed by atoms with Crippen LogP contribution in [-0.2, 0) is 22.3 Å². The number of rotatable bonds is 3. The van der Waals surface area contributed by atoms with Gasteiger partial charge in [0.1, 0.15) is 5.82 Å². The number of hydrogen-bond acceptors (Lipinski definition) is 2. The SMILES string of the molecule is O=C(NCc1ccccc1F)C(=O)Nc1cc(C(F)(F)F)ccc1Cl. The van der Waals surface area contributed by atoms with Crippen molar-refractivity contribution < 1.29 is 27.2 Å². The standard InChI is InChI=1S/C16H11ClF4N2O2/c17-11-6-5-10(16(19,20)21)7-13(11)23-15(25)14(24)22-8-9-3-1-2-4-12(9)18/h1-7H,8H2,(H,22,24)(H,23,25). The molecule has 0 aliphatic rings. The van der Waals surface area contributed by atoms with Gasteiger partial charge in [-0.25, -0.2) is 4.39 Å². The van der Waals surface area contributed by atoms with Crippen molar-refractivity contribution in [2.75, 3.05) is 5.32 Å². The summed E-state index contributed by atoms with van der Waals surface area (Å²) in [5, 5.41) is 4.00. The van der Waals surface area contributed by atoms with Crippen molar-refractivity contribution in [3.8, 4) is 0 Å². The Morgan fingerprint density at radius 2 is 1.72 bits per heavy atom. The molecule has 0 atom stereocenters. The average molecular weight is 375 g/mol. The number of amides is 2. The Balaban J connectivity index is 2.04. The molecular formula is C16H11ClF4N2O2. The molecule has 4 nitrogen and oxygen atoms in total. The average Bonchev–Trinajstić information content (AvgIpc) is 2.54. The Morgan fingerprint density at radius 1 is 1.04 bits per heavy atom. The molecule has 2 N–H and O–H groups in total.